The summed E-state index contributed by atoms with van der Waals surface area (Å²) in [6, 6.07) is 8.53. The van der Waals surface area contributed by atoms with Crippen LogP contribution in [-0.2, 0) is 11.3 Å². The molecule has 0 aliphatic heterocycles. The molecule has 0 aliphatic rings. The van der Waals surface area contributed by atoms with E-state index in [1.807, 2.05) is 11.5 Å². The summed E-state index contributed by atoms with van der Waals surface area (Å²) in [4.78, 5) is 17.8. The Labute approximate surface area is 182 Å². The summed E-state index contributed by atoms with van der Waals surface area (Å²) in [5.74, 6) is 0.340. The van der Waals surface area contributed by atoms with Crippen LogP contribution in [0.3, 0.4) is 0 Å². The van der Waals surface area contributed by atoms with Crippen LogP contribution < -0.4 is 14.3 Å². The van der Waals surface area contributed by atoms with Gasteiger partial charge in [-0.2, -0.15) is 4.99 Å². The third kappa shape index (κ3) is 4.43. The molecular weight excluding hydrogens is 435 g/mol. The lowest BCUT2D eigenvalue weighted by molar-refractivity contribution is 0.0993. The Kier molecular flexibility index (Phi) is 7.18. The average Bonchev–Trinajstić information content (AvgIpc) is 3.09. The molecule has 1 amide bonds. The maximum Gasteiger partial charge on any atom is 0.283 e. The highest BCUT2D eigenvalue weighted by atomic mass is 35.5. The summed E-state index contributed by atoms with van der Waals surface area (Å²) in [6.07, 6.45) is 0. The molecule has 3 rings (SSSR count). The van der Waals surface area contributed by atoms with Gasteiger partial charge in [-0.15, -0.1) is 0 Å². The standard InChI is InChI=1S/C20H20Cl2N2O4S/c1-4-28-11-10-24-16-13(21)8-9-14(22)18(16)29-20(24)23-19(25)12-6-5-7-15(26-2)17(12)27-3/h5-9H,4,10-11H2,1-3H3. The highest BCUT2D eigenvalue weighted by Gasteiger charge is 2.18. The summed E-state index contributed by atoms with van der Waals surface area (Å²) in [6.45, 7) is 3.44. The zero-order chi connectivity index (χ0) is 21.0. The van der Waals surface area contributed by atoms with E-state index in [-0.39, 0.29) is 0 Å². The summed E-state index contributed by atoms with van der Waals surface area (Å²) < 4.78 is 18.7. The molecule has 1 aromatic heterocycles. The van der Waals surface area contributed by atoms with Gasteiger partial charge in [-0.3, -0.25) is 4.79 Å². The van der Waals surface area contributed by atoms with E-state index in [1.165, 1.54) is 25.6 Å². The van der Waals surface area contributed by atoms with Crippen LogP contribution in [0.2, 0.25) is 10.0 Å². The van der Waals surface area contributed by atoms with Gasteiger partial charge in [-0.1, -0.05) is 40.6 Å². The van der Waals surface area contributed by atoms with Crippen LogP contribution in [0.25, 0.3) is 10.2 Å². The quantitative estimate of drug-likeness (QED) is 0.480. The number of fused-ring (bicyclic) bond motifs is 1. The Morgan fingerprint density at radius 1 is 1.14 bits per heavy atom. The molecule has 0 spiro atoms. The number of para-hydroxylation sites is 1. The number of benzene rings is 2. The molecule has 154 valence electrons. The van der Waals surface area contributed by atoms with Crippen LogP contribution in [-0.4, -0.2) is 37.9 Å². The SMILES string of the molecule is CCOCCn1c(=NC(=O)c2cccc(OC)c2OC)sc2c(Cl)ccc(Cl)c21. The first-order chi connectivity index (χ1) is 14.0. The molecule has 0 N–H and O–H groups in total. The van der Waals surface area contributed by atoms with Crippen molar-refractivity contribution in [1.29, 1.82) is 0 Å². The number of nitrogens with zero attached hydrogens (tertiary/aromatic N) is 2. The fraction of sp³-hybridized carbons (Fsp3) is 0.300. The zero-order valence-corrected chi connectivity index (χ0v) is 18.5. The Bertz CT molecular complexity index is 1110. The zero-order valence-electron chi connectivity index (χ0n) is 16.2. The van der Waals surface area contributed by atoms with Crippen molar-refractivity contribution in [2.24, 2.45) is 4.99 Å². The molecule has 0 aliphatic carbocycles. The largest absolute Gasteiger partial charge is 0.493 e. The maximum atomic E-state index is 13.0. The van der Waals surface area contributed by atoms with Crippen LogP contribution in [0, 0.1) is 0 Å². The normalized spacial score (nSPS) is 11.8. The summed E-state index contributed by atoms with van der Waals surface area (Å²) in [7, 11) is 3.00. The van der Waals surface area contributed by atoms with Crippen LogP contribution in [0.5, 0.6) is 11.5 Å². The van der Waals surface area contributed by atoms with E-state index >= 15 is 0 Å². The fourth-order valence-electron chi connectivity index (χ4n) is 2.91. The number of amides is 1. The molecule has 9 heteroatoms. The van der Waals surface area contributed by atoms with Crippen LogP contribution >= 0.6 is 34.5 Å². The number of methoxy groups -OCH3 is 2. The number of rotatable bonds is 7. The lowest BCUT2D eigenvalue weighted by Gasteiger charge is -2.10. The van der Waals surface area contributed by atoms with Crippen molar-refractivity contribution < 1.29 is 19.0 Å². The molecule has 0 fully saturated rings. The minimum Gasteiger partial charge on any atom is -0.493 e. The first-order valence-electron chi connectivity index (χ1n) is 8.86. The Balaban J connectivity index is 2.17. The highest BCUT2D eigenvalue weighted by Crippen LogP contribution is 2.33. The first-order valence-corrected chi connectivity index (χ1v) is 10.4. The second kappa shape index (κ2) is 9.63. The van der Waals surface area contributed by atoms with Gasteiger partial charge in [0.25, 0.3) is 5.91 Å². The smallest absolute Gasteiger partial charge is 0.283 e. The second-order valence-corrected chi connectivity index (χ2v) is 7.69. The van der Waals surface area contributed by atoms with Gasteiger partial charge in [0.05, 0.1) is 46.7 Å². The number of thiazole rings is 1. The molecule has 0 radical (unpaired) electrons. The Morgan fingerprint density at radius 2 is 1.90 bits per heavy atom. The lowest BCUT2D eigenvalue weighted by Crippen LogP contribution is -2.20. The van der Waals surface area contributed by atoms with E-state index in [0.717, 1.165) is 10.2 Å². The Hall–Kier alpha value is -2.06. The fourth-order valence-corrected chi connectivity index (χ4v) is 4.58. The van der Waals surface area contributed by atoms with Gasteiger partial charge in [0, 0.05) is 13.2 Å². The molecular formula is C20H20Cl2N2O4S. The Morgan fingerprint density at radius 3 is 2.59 bits per heavy atom. The first kappa shape index (κ1) is 21.6. The third-order valence-corrected chi connectivity index (χ3v) is 6.07. The van der Waals surface area contributed by atoms with Crippen molar-refractivity contribution in [2.75, 3.05) is 27.4 Å². The van der Waals surface area contributed by atoms with Crippen LogP contribution in [0.15, 0.2) is 35.3 Å². The summed E-state index contributed by atoms with van der Waals surface area (Å²) in [5, 5.41) is 1.08. The van der Waals surface area contributed by atoms with E-state index in [9.17, 15) is 4.79 Å². The van der Waals surface area contributed by atoms with Gasteiger partial charge in [-0.05, 0) is 31.2 Å². The van der Waals surface area contributed by atoms with Crippen LogP contribution in [0.4, 0.5) is 0 Å². The van der Waals surface area contributed by atoms with Crippen molar-refractivity contribution in [3.8, 4) is 11.5 Å². The van der Waals surface area contributed by atoms with E-state index in [1.54, 1.807) is 30.3 Å². The monoisotopic (exact) mass is 454 g/mol. The molecule has 29 heavy (non-hydrogen) atoms. The van der Waals surface area contributed by atoms with E-state index in [4.69, 9.17) is 37.4 Å². The van der Waals surface area contributed by atoms with Gasteiger partial charge < -0.3 is 18.8 Å². The van der Waals surface area contributed by atoms with Crippen molar-refractivity contribution in [2.45, 2.75) is 13.5 Å². The van der Waals surface area contributed by atoms with Crippen molar-refractivity contribution in [1.82, 2.24) is 4.57 Å². The number of halogens is 2. The number of carbonyl (C=O) groups is 1. The van der Waals surface area contributed by atoms with E-state index in [2.05, 4.69) is 4.99 Å². The lowest BCUT2D eigenvalue weighted by atomic mass is 10.2. The minimum absolute atomic E-state index is 0.304. The van der Waals surface area contributed by atoms with Crippen LogP contribution in [0.1, 0.15) is 17.3 Å². The molecule has 0 atom stereocenters. The molecule has 0 bridgehead atoms. The number of hydrogen-bond acceptors (Lipinski definition) is 5. The predicted octanol–water partition coefficient (Wildman–Crippen LogP) is 4.80. The maximum absolute atomic E-state index is 13.0. The summed E-state index contributed by atoms with van der Waals surface area (Å²) in [5.41, 5.74) is 1.03. The van der Waals surface area contributed by atoms with Crippen molar-refractivity contribution in [3.63, 3.8) is 0 Å². The minimum atomic E-state index is -0.454. The topological polar surface area (TPSA) is 62.1 Å². The molecule has 1 heterocycles. The molecule has 0 unspecified atom stereocenters. The molecule has 0 saturated carbocycles. The van der Waals surface area contributed by atoms with E-state index < -0.39 is 5.91 Å². The van der Waals surface area contributed by atoms with Gasteiger partial charge in [0.2, 0.25) is 0 Å². The predicted molar refractivity (Wildman–Crippen MR) is 116 cm³/mol. The molecule has 0 saturated heterocycles. The summed E-state index contributed by atoms with van der Waals surface area (Å²) >= 11 is 14.1. The van der Waals surface area contributed by atoms with Crippen molar-refractivity contribution in [3.05, 3.63) is 50.7 Å². The average molecular weight is 455 g/mol. The number of aromatic nitrogens is 1. The van der Waals surface area contributed by atoms with Gasteiger partial charge >= 0.3 is 0 Å². The molecule has 2 aromatic carbocycles. The molecule has 3 aromatic rings. The third-order valence-electron chi connectivity index (χ3n) is 4.22. The number of ether oxygens (including phenoxy) is 3. The van der Waals surface area contributed by atoms with E-state index in [0.29, 0.717) is 51.7 Å². The second-order valence-electron chi connectivity index (χ2n) is 5.90. The van der Waals surface area contributed by atoms with Gasteiger partial charge in [-0.25, -0.2) is 0 Å². The number of hydrogen-bond donors (Lipinski definition) is 0. The highest BCUT2D eigenvalue weighted by molar-refractivity contribution is 7.17. The number of carbonyl (C=O) groups excluding carboxylic acids is 1. The van der Waals surface area contributed by atoms with Gasteiger partial charge in [0.15, 0.2) is 16.3 Å². The van der Waals surface area contributed by atoms with Crippen molar-refractivity contribution >= 4 is 50.7 Å². The van der Waals surface area contributed by atoms with Gasteiger partial charge in [0.1, 0.15) is 0 Å². The molecule has 6 nitrogen and oxygen atoms in total.